The molecular weight excluding hydrogens is 725 g/mol. The van der Waals surface area contributed by atoms with Crippen LogP contribution in [-0.2, 0) is 15.3 Å². The normalized spacial score (nSPS) is 18.1. The fourth-order valence-corrected chi connectivity index (χ4v) is 1.71. The van der Waals surface area contributed by atoms with Gasteiger partial charge in [0.1, 0.15) is 0 Å². The van der Waals surface area contributed by atoms with E-state index in [4.69, 9.17) is 0 Å². The van der Waals surface area contributed by atoms with Gasteiger partial charge in [0.25, 0.3) is 5.92 Å². The topological polar surface area (TPSA) is 0 Å². The van der Waals surface area contributed by atoms with Gasteiger partial charge in [0.2, 0.25) is 0 Å². The van der Waals surface area contributed by atoms with Gasteiger partial charge in [-0.05, 0) is 49.6 Å². The van der Waals surface area contributed by atoms with Gasteiger partial charge in [0, 0.05) is 6.17 Å². The Morgan fingerprint density at radius 2 is 0.828 bits per heavy atom. The average molecular weight is 749 g/mol. The van der Waals surface area contributed by atoms with Gasteiger partial charge in [-0.3, -0.25) is 0 Å². The second-order valence-corrected chi connectivity index (χ2v) is 9.03. The third-order valence-corrected chi connectivity index (χ3v) is 3.69. The quantitative estimate of drug-likeness (QED) is 0.109. The van der Waals surface area contributed by atoms with Crippen LogP contribution >= 0.6 is 27.5 Å². The zero-order valence-electron chi connectivity index (χ0n) is 17.1. The van der Waals surface area contributed by atoms with Crippen LogP contribution in [0.4, 0.5) is 39.5 Å². The number of hydrogen-bond donors (Lipinski definition) is 0. The summed E-state index contributed by atoms with van der Waals surface area (Å²) in [6.07, 6.45) is -17.3. The van der Waals surface area contributed by atoms with Gasteiger partial charge in [0.05, 0.1) is 0 Å². The Morgan fingerprint density at radius 1 is 0.655 bits per heavy atom. The van der Waals surface area contributed by atoms with Crippen LogP contribution in [0.25, 0.3) is 0 Å². The molecule has 1 aliphatic rings. The summed E-state index contributed by atoms with van der Waals surface area (Å²) < 4.78 is 101. The van der Waals surface area contributed by atoms with E-state index in [1.54, 1.807) is 0 Å². The molecule has 0 amide bonds. The summed E-state index contributed by atoms with van der Waals surface area (Å²) in [5.74, 6) is 0.843. The first-order valence-corrected chi connectivity index (χ1v) is 17.1. The molecule has 12 heteroatoms. The van der Waals surface area contributed by atoms with Crippen LogP contribution in [0.5, 0.6) is 0 Å². The van der Waals surface area contributed by atoms with E-state index < -0.39 is 24.4 Å². The van der Waals surface area contributed by atoms with Crippen molar-refractivity contribution in [2.45, 2.75) is 52.9 Å². The van der Waals surface area contributed by atoms with Crippen molar-refractivity contribution in [2.24, 2.45) is 0 Å². The fourth-order valence-electron chi connectivity index (χ4n) is 1.71. The first kappa shape index (κ1) is 34.8. The first-order chi connectivity index (χ1) is 12.7. The molecule has 1 fully saturated rings. The summed E-state index contributed by atoms with van der Waals surface area (Å²) in [5, 5.41) is 0. The maximum absolute atomic E-state index is 11.6. The zero-order chi connectivity index (χ0) is 24.5. The van der Waals surface area contributed by atoms with Crippen LogP contribution in [0.2, 0.25) is 0 Å². The van der Waals surface area contributed by atoms with Crippen molar-refractivity contribution in [3.8, 4) is 0 Å². The fraction of sp³-hybridized carbons (Fsp3) is 0.647. The van der Waals surface area contributed by atoms with E-state index >= 15 is 0 Å². The van der Waals surface area contributed by atoms with Gasteiger partial charge in [-0.2, -0.15) is 13.2 Å². The van der Waals surface area contributed by atoms with Crippen molar-refractivity contribution < 1.29 is 54.8 Å². The molecule has 1 aliphatic carbocycles. The van der Waals surface area contributed by atoms with Gasteiger partial charge >= 0.3 is 47.3 Å². The summed E-state index contributed by atoms with van der Waals surface area (Å²) >= 11 is 4.12. The number of alkyl halides is 8. The van der Waals surface area contributed by atoms with E-state index in [0.29, 0.717) is 7.92 Å². The molecule has 29 heavy (non-hydrogen) atoms. The summed E-state index contributed by atoms with van der Waals surface area (Å²) in [5.41, 5.74) is 0. The molecule has 0 atom stereocenters. The second-order valence-electron chi connectivity index (χ2n) is 6.35. The molecule has 0 aliphatic heterocycles. The van der Waals surface area contributed by atoms with Crippen LogP contribution in [0, 0.1) is 35.8 Å². The molecule has 0 N–H and O–H groups in total. The molecule has 0 bridgehead atoms. The van der Waals surface area contributed by atoms with Gasteiger partial charge in [0.15, 0.2) is 0 Å². The van der Waals surface area contributed by atoms with Crippen LogP contribution in [0.3, 0.4) is 0 Å². The van der Waals surface area contributed by atoms with E-state index in [1.807, 2.05) is 15.3 Å². The Bertz CT molecular complexity index is 383. The van der Waals surface area contributed by atoms with Crippen molar-refractivity contribution >= 4 is 27.5 Å². The van der Waals surface area contributed by atoms with Crippen LogP contribution in [0.15, 0.2) is 0 Å². The van der Waals surface area contributed by atoms with Crippen molar-refractivity contribution in [2.75, 3.05) is 20.0 Å². The van der Waals surface area contributed by atoms with Crippen LogP contribution in [0.1, 0.15) is 34.6 Å². The Balaban J connectivity index is -0.000000373. The average Bonchev–Trinajstić information content (AvgIpc) is 2.72. The van der Waals surface area contributed by atoms with E-state index in [0.717, 1.165) is 0 Å². The Kier molecular flexibility index (Phi) is 17.2. The molecular formula is C17H24F9IIrP+. The minimum atomic E-state index is -6.59. The van der Waals surface area contributed by atoms with Gasteiger partial charge in [-0.15, -0.1) is 7.92 Å². The molecule has 0 aromatic rings. The maximum atomic E-state index is 11.6. The molecule has 0 aromatic carbocycles. The first-order valence-electron chi connectivity index (χ1n) is 7.67. The van der Waals surface area contributed by atoms with Crippen molar-refractivity contribution in [3.63, 3.8) is 0 Å². The summed E-state index contributed by atoms with van der Waals surface area (Å²) in [7, 11) is 0.380. The molecule has 0 saturated heterocycles. The third-order valence-electron chi connectivity index (χ3n) is 3.69. The summed E-state index contributed by atoms with van der Waals surface area (Å²) in [6.45, 7) is 17.7. The Hall–Kier alpha value is 1.18. The number of rotatable bonds is 1. The molecule has 0 aromatic heterocycles. The molecule has 0 nitrogen and oxygen atoms in total. The van der Waals surface area contributed by atoms with Crippen LogP contribution in [-0.4, -0.2) is 38.3 Å². The standard InChI is InChI=1S/C10H15.C4F9.C3H9P.HI.Ir/c1-6-7(2)9(4)10(5)8(6)3;5-1(3(8,9)10)2(6,7)4(11,12)13;1-4(2)3;;/h1-5H3;;1-3H3;1H;/q;-1;;;+3/p-1. The number of hydrogen-bond acceptors (Lipinski definition) is 0. The van der Waals surface area contributed by atoms with Gasteiger partial charge in [-0.1, -0.05) is 34.6 Å². The molecule has 1 saturated carbocycles. The second kappa shape index (κ2) is 14.4. The number of halogens is 10. The predicted octanol–water partition coefficient (Wildman–Crippen LogP) is 8.46. The van der Waals surface area contributed by atoms with Crippen molar-refractivity contribution in [1.82, 2.24) is 0 Å². The Morgan fingerprint density at radius 3 is 0.897 bits per heavy atom. The van der Waals surface area contributed by atoms with E-state index in [9.17, 15) is 39.5 Å². The van der Waals surface area contributed by atoms with Crippen molar-refractivity contribution in [3.05, 3.63) is 35.8 Å². The third kappa shape index (κ3) is 12.1. The van der Waals surface area contributed by atoms with E-state index in [2.05, 4.69) is 74.2 Å². The molecule has 5 radical (unpaired) electrons. The molecule has 175 valence electrons. The van der Waals surface area contributed by atoms with Gasteiger partial charge in [-0.25, -0.2) is 22.0 Å². The van der Waals surface area contributed by atoms with E-state index in [-0.39, 0.29) is 0 Å². The molecule has 0 spiro atoms. The van der Waals surface area contributed by atoms with Crippen LogP contribution < -0.4 is 0 Å². The van der Waals surface area contributed by atoms with Crippen molar-refractivity contribution in [1.29, 1.82) is 0 Å². The summed E-state index contributed by atoms with van der Waals surface area (Å²) in [4.78, 5) is 0. The molecule has 0 heterocycles. The Labute approximate surface area is 190 Å². The molecule has 0 unspecified atom stereocenters. The van der Waals surface area contributed by atoms with Gasteiger partial charge < -0.3 is 4.39 Å². The zero-order valence-corrected chi connectivity index (χ0v) is 22.5. The SMILES string of the molecule is CP(C)C.C[C]1[C](C)[C](C)[C](C)[C]1C.F[C-](C(F)(F)F)C(F)(F)C(F)(F)F.[I][Ir+2]. The van der Waals surface area contributed by atoms with E-state index in [1.165, 1.54) is 29.6 Å². The predicted molar refractivity (Wildman–Crippen MR) is 105 cm³/mol. The monoisotopic (exact) mass is 750 g/mol. The summed E-state index contributed by atoms with van der Waals surface area (Å²) in [6, 6.07) is 0. The minimum absolute atomic E-state index is 0.380. The molecule has 1 rings (SSSR count).